The summed E-state index contributed by atoms with van der Waals surface area (Å²) in [5.41, 5.74) is 1.56. The van der Waals surface area contributed by atoms with Crippen molar-refractivity contribution in [3.8, 4) is 11.5 Å². The van der Waals surface area contributed by atoms with Gasteiger partial charge in [0.25, 0.3) is 5.91 Å². The van der Waals surface area contributed by atoms with Crippen LogP contribution >= 0.6 is 0 Å². The number of methoxy groups -OCH3 is 2. The average Bonchev–Trinajstić information content (AvgIpc) is 2.68. The van der Waals surface area contributed by atoms with Gasteiger partial charge < -0.3 is 20.1 Å². The van der Waals surface area contributed by atoms with E-state index in [2.05, 4.69) is 20.6 Å². The molecule has 1 amide bonds. The Bertz CT molecular complexity index is 915. The van der Waals surface area contributed by atoms with Crippen LogP contribution < -0.4 is 20.1 Å². The monoisotopic (exact) mass is 350 g/mol. The Hall–Kier alpha value is -3.61. The molecule has 7 nitrogen and oxygen atoms in total. The number of ether oxygens (including phenoxy) is 2. The lowest BCUT2D eigenvalue weighted by molar-refractivity contribution is 0.102. The SMILES string of the molecule is COc1cccc(Nc2nccc(C(=O)Nc3ccccc3OC)n2)c1. The zero-order chi connectivity index (χ0) is 18.4. The van der Waals surface area contributed by atoms with Crippen LogP contribution in [0, 0.1) is 0 Å². The number of nitrogens with one attached hydrogen (secondary N) is 2. The number of carbonyl (C=O) groups excluding carboxylic acids is 1. The lowest BCUT2D eigenvalue weighted by Crippen LogP contribution is -2.15. The minimum absolute atomic E-state index is 0.233. The third-order valence-corrected chi connectivity index (χ3v) is 3.57. The van der Waals surface area contributed by atoms with E-state index in [0.717, 1.165) is 5.69 Å². The van der Waals surface area contributed by atoms with Crippen LogP contribution in [0.15, 0.2) is 60.8 Å². The Labute approximate surface area is 151 Å². The largest absolute Gasteiger partial charge is 0.497 e. The van der Waals surface area contributed by atoms with E-state index >= 15 is 0 Å². The third kappa shape index (κ3) is 4.07. The quantitative estimate of drug-likeness (QED) is 0.708. The van der Waals surface area contributed by atoms with Crippen molar-refractivity contribution in [2.45, 2.75) is 0 Å². The van der Waals surface area contributed by atoms with Crippen molar-refractivity contribution in [1.82, 2.24) is 9.97 Å². The fourth-order valence-corrected chi connectivity index (χ4v) is 2.31. The van der Waals surface area contributed by atoms with Crippen LogP contribution in [0.3, 0.4) is 0 Å². The number of carbonyl (C=O) groups is 1. The Morgan fingerprint density at radius 1 is 1.00 bits per heavy atom. The minimum atomic E-state index is -0.356. The summed E-state index contributed by atoms with van der Waals surface area (Å²) in [5, 5.41) is 5.84. The van der Waals surface area contributed by atoms with Crippen molar-refractivity contribution in [3.63, 3.8) is 0 Å². The lowest BCUT2D eigenvalue weighted by atomic mass is 10.2. The van der Waals surface area contributed by atoms with Crippen molar-refractivity contribution in [3.05, 3.63) is 66.5 Å². The van der Waals surface area contributed by atoms with Crippen molar-refractivity contribution >= 4 is 23.2 Å². The molecule has 2 N–H and O–H groups in total. The van der Waals surface area contributed by atoms with Gasteiger partial charge in [-0.05, 0) is 30.3 Å². The molecule has 0 fully saturated rings. The molecule has 7 heteroatoms. The number of amides is 1. The molecule has 0 atom stereocenters. The zero-order valence-corrected chi connectivity index (χ0v) is 14.4. The van der Waals surface area contributed by atoms with Gasteiger partial charge in [-0.15, -0.1) is 0 Å². The normalized spacial score (nSPS) is 10.1. The Balaban J connectivity index is 1.77. The molecule has 0 saturated heterocycles. The van der Waals surface area contributed by atoms with E-state index in [-0.39, 0.29) is 11.6 Å². The number of benzene rings is 2. The average molecular weight is 350 g/mol. The predicted molar refractivity (Wildman–Crippen MR) is 99.3 cm³/mol. The van der Waals surface area contributed by atoms with Gasteiger partial charge in [-0.25, -0.2) is 9.97 Å². The molecule has 0 spiro atoms. The molecule has 0 unspecified atom stereocenters. The van der Waals surface area contributed by atoms with E-state index in [1.165, 1.54) is 6.20 Å². The molecule has 2 aromatic carbocycles. The summed E-state index contributed by atoms with van der Waals surface area (Å²) in [7, 11) is 3.14. The van der Waals surface area contributed by atoms with E-state index in [9.17, 15) is 4.79 Å². The smallest absolute Gasteiger partial charge is 0.274 e. The van der Waals surface area contributed by atoms with Gasteiger partial charge in [0.2, 0.25) is 5.95 Å². The molecule has 0 aliphatic heterocycles. The topological polar surface area (TPSA) is 85.4 Å². The summed E-state index contributed by atoms with van der Waals surface area (Å²) < 4.78 is 10.4. The molecule has 0 saturated carbocycles. The molecule has 0 bridgehead atoms. The first-order chi connectivity index (χ1) is 12.7. The highest BCUT2D eigenvalue weighted by Crippen LogP contribution is 2.24. The summed E-state index contributed by atoms with van der Waals surface area (Å²) in [5.74, 6) is 1.24. The van der Waals surface area contributed by atoms with Gasteiger partial charge >= 0.3 is 0 Å². The van der Waals surface area contributed by atoms with Crippen LogP contribution in [-0.4, -0.2) is 30.1 Å². The van der Waals surface area contributed by atoms with Gasteiger partial charge in [-0.2, -0.15) is 0 Å². The number of hydrogen-bond donors (Lipinski definition) is 2. The van der Waals surface area contributed by atoms with Crippen LogP contribution in [0.1, 0.15) is 10.5 Å². The molecule has 1 aromatic heterocycles. The highest BCUT2D eigenvalue weighted by molar-refractivity contribution is 6.03. The predicted octanol–water partition coefficient (Wildman–Crippen LogP) is 3.49. The summed E-state index contributed by atoms with van der Waals surface area (Å²) in [6, 6.07) is 16.1. The van der Waals surface area contributed by atoms with Gasteiger partial charge in [0.15, 0.2) is 0 Å². The van der Waals surface area contributed by atoms with Crippen LogP contribution in [0.4, 0.5) is 17.3 Å². The summed E-state index contributed by atoms with van der Waals surface area (Å²) in [6.07, 6.45) is 1.52. The number of hydrogen-bond acceptors (Lipinski definition) is 6. The molecular formula is C19H18N4O3. The molecule has 132 valence electrons. The maximum atomic E-state index is 12.5. The van der Waals surface area contributed by atoms with E-state index in [4.69, 9.17) is 9.47 Å². The first kappa shape index (κ1) is 17.2. The van der Waals surface area contributed by atoms with E-state index in [1.54, 1.807) is 32.4 Å². The molecule has 26 heavy (non-hydrogen) atoms. The van der Waals surface area contributed by atoms with Gasteiger partial charge in [0.05, 0.1) is 19.9 Å². The maximum absolute atomic E-state index is 12.5. The summed E-state index contributed by atoms with van der Waals surface area (Å²) in [6.45, 7) is 0. The molecule has 0 aliphatic carbocycles. The van der Waals surface area contributed by atoms with E-state index in [1.807, 2.05) is 36.4 Å². The van der Waals surface area contributed by atoms with Crippen molar-refractivity contribution in [2.24, 2.45) is 0 Å². The molecule has 3 aromatic rings. The fraction of sp³-hybridized carbons (Fsp3) is 0.105. The Morgan fingerprint density at radius 3 is 2.65 bits per heavy atom. The minimum Gasteiger partial charge on any atom is -0.497 e. The molecule has 3 rings (SSSR count). The second kappa shape index (κ2) is 7.98. The number of para-hydroxylation sites is 2. The molecule has 0 aliphatic rings. The highest BCUT2D eigenvalue weighted by atomic mass is 16.5. The molecular weight excluding hydrogens is 332 g/mol. The van der Waals surface area contributed by atoms with Crippen LogP contribution in [-0.2, 0) is 0 Å². The zero-order valence-electron chi connectivity index (χ0n) is 14.4. The summed E-state index contributed by atoms with van der Waals surface area (Å²) >= 11 is 0. The fourth-order valence-electron chi connectivity index (χ4n) is 2.31. The van der Waals surface area contributed by atoms with Crippen molar-refractivity contribution < 1.29 is 14.3 Å². The number of aromatic nitrogens is 2. The second-order valence-electron chi connectivity index (χ2n) is 5.28. The number of rotatable bonds is 6. The van der Waals surface area contributed by atoms with Crippen LogP contribution in [0.2, 0.25) is 0 Å². The number of anilines is 3. The molecule has 0 radical (unpaired) electrons. The Morgan fingerprint density at radius 2 is 1.85 bits per heavy atom. The third-order valence-electron chi connectivity index (χ3n) is 3.57. The first-order valence-corrected chi connectivity index (χ1v) is 7.88. The second-order valence-corrected chi connectivity index (χ2v) is 5.28. The molecule has 1 heterocycles. The highest BCUT2D eigenvalue weighted by Gasteiger charge is 2.12. The van der Waals surface area contributed by atoms with Gasteiger partial charge in [0, 0.05) is 18.0 Å². The maximum Gasteiger partial charge on any atom is 0.274 e. The van der Waals surface area contributed by atoms with E-state index < -0.39 is 0 Å². The lowest BCUT2D eigenvalue weighted by Gasteiger charge is -2.10. The van der Waals surface area contributed by atoms with Crippen LogP contribution in [0.5, 0.6) is 11.5 Å². The van der Waals surface area contributed by atoms with Gasteiger partial charge in [-0.1, -0.05) is 18.2 Å². The number of nitrogens with zero attached hydrogens (tertiary/aromatic N) is 2. The van der Waals surface area contributed by atoms with Crippen molar-refractivity contribution in [2.75, 3.05) is 24.9 Å². The standard InChI is InChI=1S/C19H18N4O3/c1-25-14-7-5-6-13(12-14)21-19-20-11-10-16(23-19)18(24)22-15-8-3-4-9-17(15)26-2/h3-12H,1-2H3,(H,22,24)(H,20,21,23). The van der Waals surface area contributed by atoms with Crippen LogP contribution in [0.25, 0.3) is 0 Å². The van der Waals surface area contributed by atoms with Gasteiger partial charge in [-0.3, -0.25) is 4.79 Å². The first-order valence-electron chi connectivity index (χ1n) is 7.88. The van der Waals surface area contributed by atoms with E-state index in [0.29, 0.717) is 23.1 Å². The van der Waals surface area contributed by atoms with Gasteiger partial charge in [0.1, 0.15) is 17.2 Å². The summed E-state index contributed by atoms with van der Waals surface area (Å²) in [4.78, 5) is 20.9. The Kier molecular flexibility index (Phi) is 5.28. The van der Waals surface area contributed by atoms with Crippen molar-refractivity contribution in [1.29, 1.82) is 0 Å².